The molecule has 0 spiro atoms. The summed E-state index contributed by atoms with van der Waals surface area (Å²) in [5.74, 6) is 0. The van der Waals surface area contributed by atoms with Crippen LogP contribution in [0.1, 0.15) is 25.3 Å². The van der Waals surface area contributed by atoms with Crippen LogP contribution >= 0.6 is 0 Å². The normalized spacial score (nSPS) is 24.1. The highest BCUT2D eigenvalue weighted by Crippen LogP contribution is 2.18. The van der Waals surface area contributed by atoms with Crippen molar-refractivity contribution in [3.8, 4) is 0 Å². The Hall–Kier alpha value is -0.950. The molecule has 0 radical (unpaired) electrons. The van der Waals surface area contributed by atoms with Crippen molar-refractivity contribution in [2.45, 2.75) is 43.3 Å². The van der Waals surface area contributed by atoms with Crippen LogP contribution in [-0.2, 0) is 16.6 Å². The molecular weight excluding hydrogens is 286 g/mol. The summed E-state index contributed by atoms with van der Waals surface area (Å²) in [5.41, 5.74) is 1.07. The molecule has 1 aromatic rings. The highest BCUT2D eigenvalue weighted by molar-refractivity contribution is 7.89. The Morgan fingerprint density at radius 2 is 1.95 bits per heavy atom. The van der Waals surface area contributed by atoms with Gasteiger partial charge < -0.3 is 10.2 Å². The largest absolute Gasteiger partial charge is 0.316 e. The zero-order valence-electron chi connectivity index (χ0n) is 13.0. The van der Waals surface area contributed by atoms with Crippen molar-refractivity contribution in [1.29, 1.82) is 0 Å². The number of benzene rings is 1. The van der Waals surface area contributed by atoms with E-state index in [1.54, 1.807) is 12.1 Å². The van der Waals surface area contributed by atoms with Crippen molar-refractivity contribution in [3.05, 3.63) is 29.8 Å². The third kappa shape index (κ3) is 4.26. The minimum Gasteiger partial charge on any atom is -0.316 e. The molecule has 0 aromatic heterocycles. The zero-order valence-corrected chi connectivity index (χ0v) is 13.8. The highest BCUT2D eigenvalue weighted by Gasteiger charge is 2.26. The number of hydrogen-bond donors (Lipinski definition) is 2. The second-order valence-electron chi connectivity index (χ2n) is 5.85. The van der Waals surface area contributed by atoms with Crippen molar-refractivity contribution in [1.82, 2.24) is 14.9 Å². The van der Waals surface area contributed by atoms with Gasteiger partial charge in [-0.2, -0.15) is 0 Å². The van der Waals surface area contributed by atoms with Crippen LogP contribution in [0.25, 0.3) is 0 Å². The Morgan fingerprint density at radius 3 is 2.52 bits per heavy atom. The topological polar surface area (TPSA) is 61.4 Å². The lowest BCUT2D eigenvalue weighted by atomic mass is 10.0. The van der Waals surface area contributed by atoms with E-state index >= 15 is 0 Å². The summed E-state index contributed by atoms with van der Waals surface area (Å²) in [4.78, 5) is 2.60. The molecule has 1 heterocycles. The number of nitrogens with one attached hydrogen (secondary N) is 2. The maximum atomic E-state index is 12.4. The van der Waals surface area contributed by atoms with Crippen molar-refractivity contribution >= 4 is 10.0 Å². The highest BCUT2D eigenvalue weighted by atomic mass is 32.2. The van der Waals surface area contributed by atoms with Crippen LogP contribution in [0.4, 0.5) is 0 Å². The number of rotatable bonds is 5. The first-order valence-electron chi connectivity index (χ1n) is 7.38. The van der Waals surface area contributed by atoms with E-state index in [2.05, 4.69) is 28.9 Å². The van der Waals surface area contributed by atoms with Crippen LogP contribution < -0.4 is 10.0 Å². The first-order chi connectivity index (χ1) is 9.92. The number of piperidine rings is 1. The van der Waals surface area contributed by atoms with Gasteiger partial charge in [0.15, 0.2) is 0 Å². The minimum absolute atomic E-state index is 0.0261. The molecule has 1 aliphatic rings. The Bertz CT molecular complexity index is 557. The van der Waals surface area contributed by atoms with Crippen LogP contribution in [0.5, 0.6) is 0 Å². The Kier molecular flexibility index (Phi) is 5.37. The van der Waals surface area contributed by atoms with Gasteiger partial charge in [-0.3, -0.25) is 0 Å². The molecule has 1 aliphatic heterocycles. The molecule has 0 amide bonds. The molecule has 1 fully saturated rings. The van der Waals surface area contributed by atoms with Gasteiger partial charge in [0, 0.05) is 18.6 Å². The third-order valence-electron chi connectivity index (χ3n) is 4.14. The molecule has 1 aromatic carbocycles. The summed E-state index contributed by atoms with van der Waals surface area (Å²) in [5, 5.41) is 3.05. The molecule has 2 atom stereocenters. The molecule has 6 heteroatoms. The molecule has 5 nitrogen and oxygen atoms in total. The maximum Gasteiger partial charge on any atom is 0.240 e. The van der Waals surface area contributed by atoms with Crippen LogP contribution in [-0.4, -0.2) is 46.0 Å². The second-order valence-corrected chi connectivity index (χ2v) is 7.56. The zero-order chi connectivity index (χ0) is 15.5. The van der Waals surface area contributed by atoms with Gasteiger partial charge in [0.1, 0.15) is 0 Å². The lowest BCUT2D eigenvalue weighted by molar-refractivity contribution is 0.178. The van der Waals surface area contributed by atoms with E-state index in [0.717, 1.165) is 31.5 Å². The summed E-state index contributed by atoms with van der Waals surface area (Å²) in [6, 6.07) is 7.48. The fraction of sp³-hybridized carbons (Fsp3) is 0.600. The number of nitrogens with zero attached hydrogens (tertiary/aromatic N) is 1. The minimum atomic E-state index is -3.42. The predicted molar refractivity (Wildman–Crippen MR) is 84.6 cm³/mol. The lowest BCUT2D eigenvalue weighted by Gasteiger charge is -2.35. The quantitative estimate of drug-likeness (QED) is 0.857. The molecule has 0 bridgehead atoms. The van der Waals surface area contributed by atoms with E-state index in [0.29, 0.717) is 10.9 Å². The van der Waals surface area contributed by atoms with Crippen molar-refractivity contribution in [3.63, 3.8) is 0 Å². The summed E-state index contributed by atoms with van der Waals surface area (Å²) in [6.07, 6.45) is 1.71. The first kappa shape index (κ1) is 16.4. The van der Waals surface area contributed by atoms with Gasteiger partial charge >= 0.3 is 0 Å². The van der Waals surface area contributed by atoms with Gasteiger partial charge in [0.05, 0.1) is 4.90 Å². The van der Waals surface area contributed by atoms with E-state index in [1.807, 2.05) is 19.2 Å². The summed E-state index contributed by atoms with van der Waals surface area (Å²) in [7, 11) is 0.526. The fourth-order valence-corrected chi connectivity index (χ4v) is 3.96. The van der Waals surface area contributed by atoms with Gasteiger partial charge in [0.25, 0.3) is 0 Å². The van der Waals surface area contributed by atoms with E-state index < -0.39 is 10.0 Å². The monoisotopic (exact) mass is 311 g/mol. The van der Waals surface area contributed by atoms with Crippen LogP contribution in [0.2, 0.25) is 0 Å². The first-order valence-corrected chi connectivity index (χ1v) is 8.87. The molecule has 1 saturated heterocycles. The van der Waals surface area contributed by atoms with Gasteiger partial charge in [-0.1, -0.05) is 12.1 Å². The maximum absolute atomic E-state index is 12.4. The molecular formula is C15H25N3O2S. The SMILES string of the molecule is CNCc1ccc(S(=O)(=O)NC2CCN(C)C(C)C2)cc1. The summed E-state index contributed by atoms with van der Waals surface area (Å²) in [6.45, 7) is 3.79. The molecule has 2 unspecified atom stereocenters. The van der Waals surface area contributed by atoms with E-state index in [-0.39, 0.29) is 6.04 Å². The Labute approximate surface area is 127 Å². The van der Waals surface area contributed by atoms with Crippen molar-refractivity contribution in [2.24, 2.45) is 0 Å². The van der Waals surface area contributed by atoms with Gasteiger partial charge in [-0.15, -0.1) is 0 Å². The number of likely N-dealkylation sites (tertiary alicyclic amines) is 1. The third-order valence-corrected chi connectivity index (χ3v) is 5.68. The van der Waals surface area contributed by atoms with Crippen molar-refractivity contribution in [2.75, 3.05) is 20.6 Å². The Balaban J connectivity index is 2.04. The molecule has 2 N–H and O–H groups in total. The van der Waals surface area contributed by atoms with E-state index in [9.17, 15) is 8.42 Å². The molecule has 0 saturated carbocycles. The van der Waals surface area contributed by atoms with Crippen LogP contribution in [0, 0.1) is 0 Å². The fourth-order valence-electron chi connectivity index (χ4n) is 2.67. The van der Waals surface area contributed by atoms with E-state index in [4.69, 9.17) is 0 Å². The summed E-state index contributed by atoms with van der Waals surface area (Å²) >= 11 is 0. The number of hydrogen-bond acceptors (Lipinski definition) is 4. The molecule has 118 valence electrons. The predicted octanol–water partition coefficient (Wildman–Crippen LogP) is 1.17. The lowest BCUT2D eigenvalue weighted by Crippen LogP contribution is -2.47. The number of sulfonamides is 1. The van der Waals surface area contributed by atoms with Gasteiger partial charge in [-0.25, -0.2) is 13.1 Å². The molecule has 21 heavy (non-hydrogen) atoms. The van der Waals surface area contributed by atoms with Crippen LogP contribution in [0.15, 0.2) is 29.2 Å². The van der Waals surface area contributed by atoms with E-state index in [1.165, 1.54) is 0 Å². The Morgan fingerprint density at radius 1 is 1.29 bits per heavy atom. The summed E-state index contributed by atoms with van der Waals surface area (Å²) < 4.78 is 27.7. The average Bonchev–Trinajstić information content (AvgIpc) is 2.44. The standard InChI is InChI=1S/C15H25N3O2S/c1-12-10-14(8-9-18(12)3)17-21(19,20)15-6-4-13(5-7-15)11-16-2/h4-7,12,14,16-17H,8-11H2,1-3H3. The van der Waals surface area contributed by atoms with Gasteiger partial charge in [0.2, 0.25) is 10.0 Å². The van der Waals surface area contributed by atoms with Crippen LogP contribution in [0.3, 0.4) is 0 Å². The molecule has 0 aliphatic carbocycles. The second kappa shape index (κ2) is 6.87. The molecule has 2 rings (SSSR count). The average molecular weight is 311 g/mol. The van der Waals surface area contributed by atoms with Gasteiger partial charge in [-0.05, 0) is 58.1 Å². The smallest absolute Gasteiger partial charge is 0.240 e. The van der Waals surface area contributed by atoms with Crippen molar-refractivity contribution < 1.29 is 8.42 Å².